The fourth-order valence-electron chi connectivity index (χ4n) is 1.73. The van der Waals surface area contributed by atoms with Crippen molar-refractivity contribution in [3.05, 3.63) is 35.1 Å². The lowest BCUT2D eigenvalue weighted by Crippen LogP contribution is -2.21. The van der Waals surface area contributed by atoms with Gasteiger partial charge in [-0.15, -0.1) is 0 Å². The van der Waals surface area contributed by atoms with Crippen molar-refractivity contribution in [1.82, 2.24) is 5.32 Å². The second-order valence-electron chi connectivity index (χ2n) is 4.18. The van der Waals surface area contributed by atoms with Gasteiger partial charge in [0.1, 0.15) is 5.82 Å². The average Bonchev–Trinajstić information content (AvgIpc) is 3.12. The minimum atomic E-state index is -0.372. The highest BCUT2D eigenvalue weighted by atomic mass is 19.1. The van der Waals surface area contributed by atoms with Crippen LogP contribution in [0.4, 0.5) is 4.39 Å². The van der Waals surface area contributed by atoms with Crippen LogP contribution in [-0.4, -0.2) is 5.91 Å². The van der Waals surface area contributed by atoms with E-state index in [4.69, 9.17) is 0 Å². The summed E-state index contributed by atoms with van der Waals surface area (Å²) >= 11 is 0. The zero-order valence-corrected chi connectivity index (χ0v) is 9.72. The van der Waals surface area contributed by atoms with Crippen molar-refractivity contribution in [2.75, 3.05) is 0 Å². The molecule has 0 saturated heterocycles. The highest BCUT2D eigenvalue weighted by Crippen LogP contribution is 2.40. The average molecular weight is 231 g/mol. The Hall–Kier alpha value is -1.82. The summed E-state index contributed by atoms with van der Waals surface area (Å²) < 4.78 is 13.5. The lowest BCUT2D eigenvalue weighted by Gasteiger charge is -2.06. The van der Waals surface area contributed by atoms with E-state index in [0.717, 1.165) is 5.56 Å². The number of amides is 1. The van der Waals surface area contributed by atoms with Crippen LogP contribution in [0.25, 0.3) is 0 Å². The molecule has 88 valence electrons. The first-order valence-electron chi connectivity index (χ1n) is 5.69. The van der Waals surface area contributed by atoms with Crippen molar-refractivity contribution in [3.63, 3.8) is 0 Å². The summed E-state index contributed by atoms with van der Waals surface area (Å²) in [5, 5.41) is 2.57. The van der Waals surface area contributed by atoms with E-state index >= 15 is 0 Å². The molecule has 3 heteroatoms. The second-order valence-corrected chi connectivity index (χ2v) is 4.18. The molecule has 2 nitrogen and oxygen atoms in total. The molecule has 1 aromatic rings. The normalized spacial score (nSPS) is 13.8. The van der Waals surface area contributed by atoms with Crippen LogP contribution in [0.1, 0.15) is 36.8 Å². The van der Waals surface area contributed by atoms with Crippen LogP contribution in [0, 0.1) is 17.7 Å². The second kappa shape index (κ2) is 5.01. The maximum absolute atomic E-state index is 13.5. The van der Waals surface area contributed by atoms with Crippen molar-refractivity contribution in [1.29, 1.82) is 0 Å². The summed E-state index contributed by atoms with van der Waals surface area (Å²) in [6.07, 6.45) is 2.36. The van der Waals surface area contributed by atoms with Crippen LogP contribution < -0.4 is 5.32 Å². The smallest absolute Gasteiger partial charge is 0.296 e. The quantitative estimate of drug-likeness (QED) is 0.795. The Bertz CT molecular complexity index is 495. The van der Waals surface area contributed by atoms with Gasteiger partial charge in [-0.2, -0.15) is 0 Å². The van der Waals surface area contributed by atoms with Gasteiger partial charge in [0.05, 0.1) is 0 Å². The van der Waals surface area contributed by atoms with Crippen molar-refractivity contribution in [2.45, 2.75) is 32.2 Å². The third kappa shape index (κ3) is 3.07. The first-order chi connectivity index (χ1) is 8.20. The number of nitrogens with one attached hydrogen (secondary N) is 1. The van der Waals surface area contributed by atoms with Gasteiger partial charge < -0.3 is 5.32 Å². The Balaban J connectivity index is 2.05. The van der Waals surface area contributed by atoms with E-state index in [-0.39, 0.29) is 18.3 Å². The summed E-state index contributed by atoms with van der Waals surface area (Å²) in [7, 11) is 0. The van der Waals surface area contributed by atoms with Crippen LogP contribution in [0.3, 0.4) is 0 Å². The first-order valence-corrected chi connectivity index (χ1v) is 5.69. The summed E-state index contributed by atoms with van der Waals surface area (Å²) in [6.45, 7) is 1.79. The molecule has 0 aromatic heterocycles. The number of carbonyl (C=O) groups excluding carboxylic acids is 1. The third-order valence-electron chi connectivity index (χ3n) is 2.80. The van der Waals surface area contributed by atoms with E-state index in [1.165, 1.54) is 18.9 Å². The summed E-state index contributed by atoms with van der Waals surface area (Å²) in [5.74, 6) is 4.80. The predicted molar refractivity (Wildman–Crippen MR) is 63.7 cm³/mol. The summed E-state index contributed by atoms with van der Waals surface area (Å²) in [4.78, 5) is 11.2. The monoisotopic (exact) mass is 231 g/mol. The highest BCUT2D eigenvalue weighted by Gasteiger charge is 2.24. The van der Waals surface area contributed by atoms with E-state index in [1.807, 2.05) is 12.1 Å². The molecular weight excluding hydrogens is 217 g/mol. The number of rotatable bonds is 3. The van der Waals surface area contributed by atoms with Gasteiger partial charge in [-0.3, -0.25) is 4.79 Å². The molecule has 1 saturated carbocycles. The standard InChI is InChI=1S/C14H14FNO/c1-2-3-14(17)16-9-12-8-11(10-4-5-10)6-7-13(12)15/h6-8,10H,4-5,9H2,1H3,(H,16,17). The van der Waals surface area contributed by atoms with Gasteiger partial charge in [0.15, 0.2) is 0 Å². The number of halogens is 1. The SMILES string of the molecule is CC#CC(=O)NCc1cc(C2CC2)ccc1F. The zero-order valence-electron chi connectivity index (χ0n) is 9.72. The van der Waals surface area contributed by atoms with Crippen LogP contribution in [-0.2, 0) is 11.3 Å². The molecule has 1 aliphatic carbocycles. The maximum atomic E-state index is 13.5. The molecule has 0 bridgehead atoms. The van der Waals surface area contributed by atoms with Gasteiger partial charge in [0.25, 0.3) is 5.91 Å². The molecule has 2 rings (SSSR count). The zero-order chi connectivity index (χ0) is 12.3. The maximum Gasteiger partial charge on any atom is 0.296 e. The molecule has 1 aromatic carbocycles. The number of hydrogen-bond acceptors (Lipinski definition) is 1. The minimum Gasteiger partial charge on any atom is -0.341 e. The van der Waals surface area contributed by atoms with Crippen molar-refractivity contribution in [2.24, 2.45) is 0 Å². The fourth-order valence-corrected chi connectivity index (χ4v) is 1.73. The van der Waals surface area contributed by atoms with Crippen LogP contribution in [0.15, 0.2) is 18.2 Å². The van der Waals surface area contributed by atoms with Gasteiger partial charge in [0.2, 0.25) is 0 Å². The molecule has 17 heavy (non-hydrogen) atoms. The van der Waals surface area contributed by atoms with Crippen LogP contribution in [0.2, 0.25) is 0 Å². The minimum absolute atomic E-state index is 0.194. The molecule has 0 spiro atoms. The third-order valence-corrected chi connectivity index (χ3v) is 2.80. The Morgan fingerprint density at radius 1 is 1.53 bits per heavy atom. The van der Waals surface area contributed by atoms with E-state index in [9.17, 15) is 9.18 Å². The number of benzene rings is 1. The lowest BCUT2D eigenvalue weighted by atomic mass is 10.1. The molecule has 1 aliphatic rings. The van der Waals surface area contributed by atoms with Gasteiger partial charge in [-0.25, -0.2) is 4.39 Å². The largest absolute Gasteiger partial charge is 0.341 e. The van der Waals surface area contributed by atoms with Crippen LogP contribution in [0.5, 0.6) is 0 Å². The van der Waals surface area contributed by atoms with E-state index in [1.54, 1.807) is 6.92 Å². The van der Waals surface area contributed by atoms with Crippen molar-refractivity contribution < 1.29 is 9.18 Å². The molecule has 0 unspecified atom stereocenters. The molecule has 0 aliphatic heterocycles. The molecule has 1 amide bonds. The first kappa shape index (κ1) is 11.7. The number of carbonyl (C=O) groups is 1. The molecule has 0 radical (unpaired) electrons. The Kier molecular flexibility index (Phi) is 3.43. The van der Waals surface area contributed by atoms with Gasteiger partial charge in [-0.05, 0) is 43.2 Å². The van der Waals surface area contributed by atoms with Gasteiger partial charge in [-0.1, -0.05) is 18.1 Å². The van der Waals surface area contributed by atoms with Gasteiger partial charge in [0, 0.05) is 12.1 Å². The predicted octanol–water partition coefficient (Wildman–Crippen LogP) is 2.34. The molecule has 1 N–H and O–H groups in total. The fraction of sp³-hybridized carbons (Fsp3) is 0.357. The Labute approximate surface area is 100 Å². The van der Waals surface area contributed by atoms with E-state index < -0.39 is 0 Å². The number of hydrogen-bond donors (Lipinski definition) is 1. The molecule has 0 heterocycles. The summed E-state index contributed by atoms with van der Waals surface area (Å²) in [5.41, 5.74) is 1.69. The highest BCUT2D eigenvalue weighted by molar-refractivity contribution is 5.93. The van der Waals surface area contributed by atoms with Crippen LogP contribution >= 0.6 is 0 Å². The van der Waals surface area contributed by atoms with Crippen molar-refractivity contribution in [3.8, 4) is 11.8 Å². The lowest BCUT2D eigenvalue weighted by molar-refractivity contribution is -0.115. The van der Waals surface area contributed by atoms with Gasteiger partial charge >= 0.3 is 0 Å². The Morgan fingerprint density at radius 2 is 2.29 bits per heavy atom. The van der Waals surface area contributed by atoms with E-state index in [0.29, 0.717) is 11.5 Å². The van der Waals surface area contributed by atoms with Crippen molar-refractivity contribution >= 4 is 5.91 Å². The molecule has 1 fully saturated rings. The topological polar surface area (TPSA) is 29.1 Å². The Morgan fingerprint density at radius 3 is 2.94 bits per heavy atom. The van der Waals surface area contributed by atoms with E-state index in [2.05, 4.69) is 17.2 Å². The molecular formula is C14H14FNO. The molecule has 0 atom stereocenters. The summed E-state index contributed by atoms with van der Waals surface area (Å²) in [6, 6.07) is 5.14.